The summed E-state index contributed by atoms with van der Waals surface area (Å²) in [5.41, 5.74) is 5.12. The van der Waals surface area contributed by atoms with Gasteiger partial charge >= 0.3 is 8.69 Å². The molecule has 2 unspecified atom stereocenters. The van der Waals surface area contributed by atoms with Crippen molar-refractivity contribution in [1.29, 1.82) is 0 Å². The van der Waals surface area contributed by atoms with Crippen LogP contribution in [-0.2, 0) is 9.09 Å². The number of alkyl halides is 1. The van der Waals surface area contributed by atoms with Gasteiger partial charge in [0.15, 0.2) is 0 Å². The highest BCUT2D eigenvalue weighted by Gasteiger charge is 2.11. The summed E-state index contributed by atoms with van der Waals surface area (Å²) in [5.74, 6) is 0. The molecule has 0 aliphatic heterocycles. The average Bonchev–Trinajstić information content (AvgIpc) is 1.82. The van der Waals surface area contributed by atoms with Crippen molar-refractivity contribution in [2.24, 2.45) is 5.73 Å². The van der Waals surface area contributed by atoms with Crippen molar-refractivity contribution in [2.45, 2.75) is 19.1 Å². The molecule has 9 heavy (non-hydrogen) atoms. The van der Waals surface area contributed by atoms with E-state index >= 15 is 0 Å². The fourth-order valence-corrected chi connectivity index (χ4v) is 0.457. The highest BCUT2D eigenvalue weighted by atomic mass is 31.1. The molecule has 0 saturated heterocycles. The zero-order chi connectivity index (χ0) is 7.28. The first kappa shape index (κ1) is 8.95. The molecule has 2 atom stereocenters. The van der Waals surface area contributed by atoms with E-state index < -0.39 is 20.9 Å². The van der Waals surface area contributed by atoms with Gasteiger partial charge in [-0.25, -0.2) is 8.96 Å². The lowest BCUT2D eigenvalue weighted by molar-refractivity contribution is 0.188. The summed E-state index contributed by atoms with van der Waals surface area (Å²) >= 11 is 0. The summed E-state index contributed by atoms with van der Waals surface area (Å²) < 4.78 is 26.1. The van der Waals surface area contributed by atoms with Gasteiger partial charge < -0.3 is 5.73 Å². The van der Waals surface area contributed by atoms with Gasteiger partial charge in [-0.3, -0.25) is 4.52 Å². The SMILES string of the molecule is CC(N)C(F)COP=O. The Hall–Kier alpha value is -0.0500. The molecule has 2 N–H and O–H groups in total. The number of rotatable bonds is 4. The first-order valence-electron chi connectivity index (χ1n) is 2.52. The Morgan fingerprint density at radius 2 is 2.44 bits per heavy atom. The molecule has 0 aliphatic rings. The fraction of sp³-hybridized carbons (Fsp3) is 1.00. The monoisotopic (exact) mass is 153 g/mol. The molecule has 0 saturated carbocycles. The van der Waals surface area contributed by atoms with Crippen LogP contribution < -0.4 is 5.73 Å². The Labute approximate surface area is 54.7 Å². The minimum atomic E-state index is -1.23. The van der Waals surface area contributed by atoms with E-state index in [-0.39, 0.29) is 6.61 Å². The van der Waals surface area contributed by atoms with Crippen LogP contribution in [0, 0.1) is 0 Å². The van der Waals surface area contributed by atoms with Crippen molar-refractivity contribution in [3.8, 4) is 0 Å². The molecular weight excluding hydrogens is 144 g/mol. The Morgan fingerprint density at radius 3 is 2.78 bits per heavy atom. The lowest BCUT2D eigenvalue weighted by Gasteiger charge is -2.07. The molecule has 0 heterocycles. The first-order chi connectivity index (χ1) is 4.18. The zero-order valence-electron chi connectivity index (χ0n) is 5.08. The van der Waals surface area contributed by atoms with Gasteiger partial charge in [0.25, 0.3) is 0 Å². The van der Waals surface area contributed by atoms with Gasteiger partial charge in [0.2, 0.25) is 0 Å². The predicted octanol–water partition coefficient (Wildman–Crippen LogP) is 0.895. The van der Waals surface area contributed by atoms with Crippen LogP contribution in [0.25, 0.3) is 0 Å². The van der Waals surface area contributed by atoms with Crippen LogP contribution in [0.5, 0.6) is 0 Å². The first-order valence-corrected chi connectivity index (χ1v) is 3.25. The van der Waals surface area contributed by atoms with Gasteiger partial charge in [-0.15, -0.1) is 0 Å². The van der Waals surface area contributed by atoms with Crippen LogP contribution in [0.1, 0.15) is 6.92 Å². The quantitative estimate of drug-likeness (QED) is 0.610. The van der Waals surface area contributed by atoms with Crippen molar-refractivity contribution < 1.29 is 13.5 Å². The van der Waals surface area contributed by atoms with E-state index in [0.717, 1.165) is 0 Å². The van der Waals surface area contributed by atoms with E-state index in [2.05, 4.69) is 4.52 Å². The molecule has 0 aromatic heterocycles. The van der Waals surface area contributed by atoms with Crippen molar-refractivity contribution in [3.63, 3.8) is 0 Å². The van der Waals surface area contributed by atoms with E-state index in [0.29, 0.717) is 0 Å². The fourth-order valence-electron chi connectivity index (χ4n) is 0.253. The van der Waals surface area contributed by atoms with Gasteiger partial charge in [-0.1, -0.05) is 0 Å². The van der Waals surface area contributed by atoms with Gasteiger partial charge in [-0.05, 0) is 6.92 Å². The number of nitrogens with two attached hydrogens (primary N) is 1. The second-order valence-electron chi connectivity index (χ2n) is 1.75. The van der Waals surface area contributed by atoms with Crippen LogP contribution in [0.3, 0.4) is 0 Å². The van der Waals surface area contributed by atoms with E-state index in [1.807, 2.05) is 0 Å². The molecule has 0 fully saturated rings. The third kappa shape index (κ3) is 4.45. The summed E-state index contributed by atoms with van der Waals surface area (Å²) in [6.45, 7) is 1.32. The van der Waals surface area contributed by atoms with E-state index in [9.17, 15) is 8.96 Å². The molecule has 0 aromatic rings. The third-order valence-corrected chi connectivity index (χ3v) is 1.11. The normalized spacial score (nSPS) is 17.7. The molecule has 0 aliphatic carbocycles. The molecule has 0 radical (unpaired) electrons. The minimum absolute atomic E-state index is 0.206. The third-order valence-electron chi connectivity index (χ3n) is 0.857. The molecule has 5 heteroatoms. The van der Waals surface area contributed by atoms with Crippen molar-refractivity contribution in [1.82, 2.24) is 0 Å². The second kappa shape index (κ2) is 4.79. The van der Waals surface area contributed by atoms with Gasteiger partial charge in [0.1, 0.15) is 6.17 Å². The molecular formula is C4H9FNO2P. The van der Waals surface area contributed by atoms with E-state index in [1.54, 1.807) is 0 Å². The van der Waals surface area contributed by atoms with Crippen LogP contribution >= 0.6 is 8.69 Å². The molecule has 0 amide bonds. The summed E-state index contributed by atoms with van der Waals surface area (Å²) in [7, 11) is -0.500. The van der Waals surface area contributed by atoms with Crippen LogP contribution in [-0.4, -0.2) is 18.8 Å². The number of halogens is 1. The summed E-state index contributed by atoms with van der Waals surface area (Å²) in [5, 5.41) is 0. The maximum atomic E-state index is 12.3. The van der Waals surface area contributed by atoms with Crippen molar-refractivity contribution >= 4 is 8.69 Å². The van der Waals surface area contributed by atoms with E-state index in [4.69, 9.17) is 5.73 Å². The van der Waals surface area contributed by atoms with Crippen LogP contribution in [0.15, 0.2) is 0 Å². The van der Waals surface area contributed by atoms with Crippen LogP contribution in [0.2, 0.25) is 0 Å². The van der Waals surface area contributed by atoms with Gasteiger partial charge in [-0.2, -0.15) is 0 Å². The maximum Gasteiger partial charge on any atom is 0.327 e. The van der Waals surface area contributed by atoms with Crippen LogP contribution in [0.4, 0.5) is 4.39 Å². The Bertz CT molecular complexity index is 90.6. The molecule has 0 aromatic carbocycles. The lowest BCUT2D eigenvalue weighted by atomic mass is 10.2. The molecule has 3 nitrogen and oxygen atoms in total. The molecule has 0 spiro atoms. The smallest absolute Gasteiger partial charge is 0.325 e. The van der Waals surface area contributed by atoms with Gasteiger partial charge in [0, 0.05) is 6.04 Å². The molecule has 0 bridgehead atoms. The number of hydrogen-bond acceptors (Lipinski definition) is 3. The summed E-state index contributed by atoms with van der Waals surface area (Å²) in [4.78, 5) is 0. The topological polar surface area (TPSA) is 52.3 Å². The Kier molecular flexibility index (Phi) is 4.77. The van der Waals surface area contributed by atoms with Gasteiger partial charge in [0.05, 0.1) is 6.61 Å². The Balaban J connectivity index is 3.26. The Morgan fingerprint density at radius 1 is 1.89 bits per heavy atom. The maximum absolute atomic E-state index is 12.3. The standard InChI is InChI=1S/C4H9FNO2P/c1-3(6)4(5)2-8-9-7/h3-4H,2,6H2,1H3. The number of hydrogen-bond donors (Lipinski definition) is 1. The predicted molar refractivity (Wildman–Crippen MR) is 32.1 cm³/mol. The average molecular weight is 153 g/mol. The van der Waals surface area contributed by atoms with E-state index in [1.165, 1.54) is 6.92 Å². The largest absolute Gasteiger partial charge is 0.327 e. The zero-order valence-corrected chi connectivity index (χ0v) is 5.98. The highest BCUT2D eigenvalue weighted by Crippen LogP contribution is 2.01. The summed E-state index contributed by atoms with van der Waals surface area (Å²) in [6.07, 6.45) is -1.23. The second-order valence-corrected chi connectivity index (χ2v) is 2.15. The molecule has 0 rings (SSSR count). The lowest BCUT2D eigenvalue weighted by Crippen LogP contribution is -2.30. The summed E-state index contributed by atoms with van der Waals surface area (Å²) in [6, 6.07) is -0.563. The van der Waals surface area contributed by atoms with Crippen molar-refractivity contribution in [2.75, 3.05) is 6.61 Å². The highest BCUT2D eigenvalue weighted by molar-refractivity contribution is 7.17. The minimum Gasteiger partial charge on any atom is -0.325 e. The molecule has 54 valence electrons. The van der Waals surface area contributed by atoms with Crippen molar-refractivity contribution in [3.05, 3.63) is 0 Å².